The van der Waals surface area contributed by atoms with E-state index in [4.69, 9.17) is 9.84 Å². The number of rotatable bonds is 6. The molecule has 0 atom stereocenters. The van der Waals surface area contributed by atoms with Gasteiger partial charge in [-0.25, -0.2) is 0 Å². The quantitative estimate of drug-likeness (QED) is 0.707. The zero-order valence-electron chi connectivity index (χ0n) is 17.7. The molecular formula is C25H26F3NO3. The number of aliphatic carboxylic acids is 1. The first-order chi connectivity index (χ1) is 15.2. The van der Waals surface area contributed by atoms with Gasteiger partial charge < -0.3 is 9.84 Å². The summed E-state index contributed by atoms with van der Waals surface area (Å²) in [6, 6.07) is 12.1. The van der Waals surface area contributed by atoms with Gasteiger partial charge in [0.2, 0.25) is 0 Å². The lowest BCUT2D eigenvalue weighted by Gasteiger charge is -2.55. The summed E-state index contributed by atoms with van der Waals surface area (Å²) >= 11 is 0. The molecule has 1 heterocycles. The molecular weight excluding hydrogens is 419 g/mol. The maximum Gasteiger partial charge on any atom is 0.416 e. The van der Waals surface area contributed by atoms with Gasteiger partial charge in [0, 0.05) is 31.0 Å². The maximum atomic E-state index is 13.1. The highest BCUT2D eigenvalue weighted by Gasteiger charge is 2.51. The summed E-state index contributed by atoms with van der Waals surface area (Å²) in [5.74, 6) is -0.163. The Labute approximate surface area is 185 Å². The van der Waals surface area contributed by atoms with Crippen LogP contribution in [0.15, 0.2) is 42.5 Å². The van der Waals surface area contributed by atoms with E-state index in [9.17, 15) is 18.0 Å². The monoisotopic (exact) mass is 445 g/mol. The Bertz CT molecular complexity index is 1020. The van der Waals surface area contributed by atoms with Crippen molar-refractivity contribution >= 4 is 5.97 Å². The van der Waals surface area contributed by atoms with Gasteiger partial charge in [0.25, 0.3) is 0 Å². The Hall–Kier alpha value is -2.54. The summed E-state index contributed by atoms with van der Waals surface area (Å²) in [6.45, 7) is 2.20. The Morgan fingerprint density at radius 2 is 1.81 bits per heavy atom. The molecule has 0 radical (unpaired) electrons. The molecule has 4 nitrogen and oxygen atoms in total. The summed E-state index contributed by atoms with van der Waals surface area (Å²) in [4.78, 5) is 13.4. The van der Waals surface area contributed by atoms with E-state index in [1.807, 2.05) is 12.1 Å². The highest BCUT2D eigenvalue weighted by molar-refractivity contribution is 5.71. The first-order valence-electron chi connectivity index (χ1n) is 11.1. The highest BCUT2D eigenvalue weighted by Crippen LogP contribution is 2.48. The number of carbonyl (C=O) groups is 1. The molecule has 0 aromatic heterocycles. The van der Waals surface area contributed by atoms with Crippen molar-refractivity contribution in [2.24, 2.45) is 11.3 Å². The van der Waals surface area contributed by atoms with Gasteiger partial charge in [-0.2, -0.15) is 13.2 Å². The van der Waals surface area contributed by atoms with E-state index in [-0.39, 0.29) is 29.9 Å². The molecule has 3 aliphatic rings. The molecule has 0 amide bonds. The summed E-state index contributed by atoms with van der Waals surface area (Å²) in [5, 5.41) is 9.07. The second-order valence-electron chi connectivity index (χ2n) is 9.60. The minimum absolute atomic E-state index is 0.180. The highest BCUT2D eigenvalue weighted by atomic mass is 19.4. The first kappa shape index (κ1) is 21.3. The first-order valence-corrected chi connectivity index (χ1v) is 11.1. The summed E-state index contributed by atoms with van der Waals surface area (Å²) in [7, 11) is 0. The molecule has 2 fully saturated rings. The molecule has 170 valence electrons. The molecule has 2 aromatic carbocycles. The zero-order chi connectivity index (χ0) is 22.5. The maximum absolute atomic E-state index is 13.1. The summed E-state index contributed by atoms with van der Waals surface area (Å²) in [6.07, 6.45) is -0.648. The van der Waals surface area contributed by atoms with Gasteiger partial charge in [0.1, 0.15) is 5.75 Å². The number of nitrogens with zero attached hydrogens (tertiary/aromatic N) is 1. The third-order valence-electron chi connectivity index (χ3n) is 7.33. The third-order valence-corrected chi connectivity index (χ3v) is 7.33. The molecule has 0 bridgehead atoms. The van der Waals surface area contributed by atoms with Crippen molar-refractivity contribution in [3.8, 4) is 5.75 Å². The van der Waals surface area contributed by atoms with E-state index in [1.54, 1.807) is 6.07 Å². The van der Waals surface area contributed by atoms with Crippen LogP contribution in [-0.4, -0.2) is 41.7 Å². The van der Waals surface area contributed by atoms with Gasteiger partial charge in [-0.05, 0) is 60.6 Å². The number of carboxylic acids is 1. The Kier molecular flexibility index (Phi) is 5.19. The number of hydrogen-bond acceptors (Lipinski definition) is 3. The smallest absolute Gasteiger partial charge is 0.416 e. The standard InChI is InChI=1S/C25H26F3NO3/c26-25(27,28)22-4-2-1-3-16(22)7-8-32-21-6-5-17-12-24(13-19(17)11-21)14-29(15-24)20-9-18(10-20)23(30)31/h1-6,11,18,20H,7-10,12-15H2,(H,30,31). The fourth-order valence-electron chi connectivity index (χ4n) is 5.58. The molecule has 2 aliphatic carbocycles. The average Bonchev–Trinajstić information content (AvgIpc) is 3.05. The number of fused-ring (bicyclic) bond motifs is 1. The Morgan fingerprint density at radius 1 is 1.09 bits per heavy atom. The van der Waals surface area contributed by atoms with Crippen molar-refractivity contribution in [1.29, 1.82) is 0 Å². The van der Waals surface area contributed by atoms with Gasteiger partial charge in [-0.1, -0.05) is 24.3 Å². The van der Waals surface area contributed by atoms with Crippen LogP contribution in [0.25, 0.3) is 0 Å². The summed E-state index contributed by atoms with van der Waals surface area (Å²) in [5.41, 5.74) is 2.46. The minimum Gasteiger partial charge on any atom is -0.493 e. The van der Waals surface area contributed by atoms with Crippen LogP contribution in [0.3, 0.4) is 0 Å². The number of ether oxygens (including phenoxy) is 1. The van der Waals surface area contributed by atoms with E-state index < -0.39 is 17.7 Å². The molecule has 1 saturated heterocycles. The second kappa shape index (κ2) is 7.80. The molecule has 32 heavy (non-hydrogen) atoms. The number of carboxylic acid groups (broad SMARTS) is 1. The second-order valence-corrected chi connectivity index (χ2v) is 9.60. The zero-order valence-corrected chi connectivity index (χ0v) is 17.7. The molecule has 7 heteroatoms. The van der Waals surface area contributed by atoms with Crippen LogP contribution in [-0.2, 0) is 30.2 Å². The van der Waals surface area contributed by atoms with Crippen molar-refractivity contribution in [2.45, 2.75) is 44.3 Å². The predicted octanol–water partition coefficient (Wildman–Crippen LogP) is 4.59. The van der Waals surface area contributed by atoms with E-state index in [0.717, 1.165) is 44.8 Å². The Balaban J connectivity index is 1.15. The number of halogens is 3. The molecule has 1 spiro atoms. The normalized spacial score (nSPS) is 24.0. The van der Waals surface area contributed by atoms with Crippen molar-refractivity contribution in [1.82, 2.24) is 4.90 Å². The molecule has 1 saturated carbocycles. The van der Waals surface area contributed by atoms with Crippen molar-refractivity contribution < 1.29 is 27.8 Å². The third kappa shape index (κ3) is 3.98. The van der Waals surface area contributed by atoms with Crippen LogP contribution in [0, 0.1) is 11.3 Å². The van der Waals surface area contributed by atoms with Crippen LogP contribution >= 0.6 is 0 Å². The number of likely N-dealkylation sites (tertiary alicyclic amines) is 1. The average molecular weight is 445 g/mol. The van der Waals surface area contributed by atoms with Crippen LogP contribution in [0.5, 0.6) is 5.75 Å². The SMILES string of the molecule is O=C(O)C1CC(N2CC3(Cc4ccc(OCCc5ccccc5C(F)(F)F)cc4C3)C2)C1. The van der Waals surface area contributed by atoms with Gasteiger partial charge >= 0.3 is 12.1 Å². The van der Waals surface area contributed by atoms with Crippen LogP contribution in [0.4, 0.5) is 13.2 Å². The van der Waals surface area contributed by atoms with Crippen molar-refractivity contribution in [2.75, 3.05) is 19.7 Å². The lowest BCUT2D eigenvalue weighted by Crippen LogP contribution is -2.63. The van der Waals surface area contributed by atoms with E-state index in [0.29, 0.717) is 11.8 Å². The van der Waals surface area contributed by atoms with Gasteiger partial charge in [-0.3, -0.25) is 9.69 Å². The topological polar surface area (TPSA) is 49.8 Å². The molecule has 2 aromatic rings. The number of benzene rings is 2. The van der Waals surface area contributed by atoms with Crippen molar-refractivity contribution in [3.63, 3.8) is 0 Å². The lowest BCUT2D eigenvalue weighted by molar-refractivity contribution is -0.150. The lowest BCUT2D eigenvalue weighted by atomic mass is 9.71. The van der Waals surface area contributed by atoms with Crippen LogP contribution < -0.4 is 4.74 Å². The van der Waals surface area contributed by atoms with E-state index in [1.165, 1.54) is 23.3 Å². The summed E-state index contributed by atoms with van der Waals surface area (Å²) < 4.78 is 45.3. The molecule has 0 unspecified atom stereocenters. The van der Waals surface area contributed by atoms with Crippen LogP contribution in [0.1, 0.15) is 35.1 Å². The van der Waals surface area contributed by atoms with Gasteiger partial charge in [0.05, 0.1) is 18.1 Å². The number of hydrogen-bond donors (Lipinski definition) is 1. The fraction of sp³-hybridized carbons (Fsp3) is 0.480. The van der Waals surface area contributed by atoms with E-state index in [2.05, 4.69) is 11.0 Å². The van der Waals surface area contributed by atoms with E-state index >= 15 is 0 Å². The fourth-order valence-corrected chi connectivity index (χ4v) is 5.58. The van der Waals surface area contributed by atoms with Gasteiger partial charge in [0.15, 0.2) is 0 Å². The van der Waals surface area contributed by atoms with Crippen LogP contribution in [0.2, 0.25) is 0 Å². The predicted molar refractivity (Wildman–Crippen MR) is 113 cm³/mol. The number of alkyl halides is 3. The van der Waals surface area contributed by atoms with Crippen molar-refractivity contribution in [3.05, 3.63) is 64.7 Å². The molecule has 1 N–H and O–H groups in total. The minimum atomic E-state index is -4.36. The largest absolute Gasteiger partial charge is 0.493 e. The molecule has 1 aliphatic heterocycles. The Morgan fingerprint density at radius 3 is 2.53 bits per heavy atom. The van der Waals surface area contributed by atoms with Gasteiger partial charge in [-0.15, -0.1) is 0 Å². The molecule has 5 rings (SSSR count).